The molecule has 0 aromatic carbocycles. The molecule has 1 aliphatic rings. The van der Waals surface area contributed by atoms with E-state index in [4.69, 9.17) is 0 Å². The summed E-state index contributed by atoms with van der Waals surface area (Å²) in [5.41, 5.74) is -0.163. The number of nitrogens with one attached hydrogen (secondary N) is 1. The van der Waals surface area contributed by atoms with Crippen molar-refractivity contribution in [1.29, 1.82) is 0 Å². The van der Waals surface area contributed by atoms with Gasteiger partial charge in [0.2, 0.25) is 11.8 Å². The van der Waals surface area contributed by atoms with Crippen LogP contribution in [0.1, 0.15) is 58.7 Å². The second-order valence-corrected chi connectivity index (χ2v) is 8.01. The third-order valence-electron chi connectivity index (χ3n) is 5.00. The van der Waals surface area contributed by atoms with Crippen LogP contribution in [0, 0.1) is 11.3 Å². The number of hydrogen-bond donors (Lipinski definition) is 1. The average molecular weight is 361 g/mol. The van der Waals surface area contributed by atoms with Crippen molar-refractivity contribution in [3.63, 3.8) is 0 Å². The average Bonchev–Trinajstić information content (AvgIpc) is 2.60. The molecule has 6 heteroatoms. The van der Waals surface area contributed by atoms with Gasteiger partial charge in [-0.3, -0.25) is 9.59 Å². The Labute approximate surface area is 156 Å². The normalized spacial score (nSPS) is 14.6. The van der Waals surface area contributed by atoms with Crippen molar-refractivity contribution >= 4 is 11.8 Å². The van der Waals surface area contributed by atoms with Gasteiger partial charge in [0.15, 0.2) is 0 Å². The minimum absolute atomic E-state index is 0.00521. The van der Waals surface area contributed by atoms with Crippen LogP contribution in [0.3, 0.4) is 0 Å². The molecule has 1 aromatic heterocycles. The van der Waals surface area contributed by atoms with E-state index in [1.807, 2.05) is 11.8 Å². The molecule has 1 aromatic rings. The quantitative estimate of drug-likeness (QED) is 0.696. The zero-order valence-corrected chi connectivity index (χ0v) is 16.3. The molecule has 0 radical (unpaired) electrons. The molecule has 6 nitrogen and oxygen atoms in total. The summed E-state index contributed by atoms with van der Waals surface area (Å²) in [4.78, 5) is 34.8. The Morgan fingerprint density at radius 1 is 1.27 bits per heavy atom. The molecule has 1 aliphatic carbocycles. The minimum Gasteiger partial charge on any atom is -0.355 e. The molecule has 0 bridgehead atoms. The molecule has 144 valence electrons. The molecule has 1 fully saturated rings. The number of rotatable bonds is 10. The summed E-state index contributed by atoms with van der Waals surface area (Å²) in [6, 6.07) is 1.76. The lowest BCUT2D eigenvalue weighted by atomic mass is 9.82. The van der Waals surface area contributed by atoms with Gasteiger partial charge in [0.1, 0.15) is 5.82 Å². The Hall–Kier alpha value is -1.98. The smallest absolute Gasteiger partial charge is 0.222 e. The first-order valence-corrected chi connectivity index (χ1v) is 9.70. The lowest BCUT2D eigenvalue weighted by Crippen LogP contribution is -2.45. The molecule has 0 saturated heterocycles. The summed E-state index contributed by atoms with van der Waals surface area (Å²) < 4.78 is 0. The summed E-state index contributed by atoms with van der Waals surface area (Å²) in [5, 5.41) is 2.99. The molecule has 2 rings (SSSR count). The fourth-order valence-corrected chi connectivity index (χ4v) is 3.13. The Kier molecular flexibility index (Phi) is 7.54. The number of carbonyl (C=O) groups is 2. The molecular weight excluding hydrogens is 328 g/mol. The Morgan fingerprint density at radius 2 is 1.96 bits per heavy atom. The van der Waals surface area contributed by atoms with Crippen molar-refractivity contribution in [3.8, 4) is 0 Å². The molecule has 0 atom stereocenters. The second kappa shape index (κ2) is 9.64. The van der Waals surface area contributed by atoms with E-state index in [-0.39, 0.29) is 17.2 Å². The summed E-state index contributed by atoms with van der Waals surface area (Å²) in [7, 11) is 0. The minimum atomic E-state index is -0.163. The van der Waals surface area contributed by atoms with Crippen molar-refractivity contribution in [2.24, 2.45) is 11.3 Å². The van der Waals surface area contributed by atoms with Crippen molar-refractivity contribution in [3.05, 3.63) is 24.3 Å². The molecule has 0 unspecified atom stereocenters. The van der Waals surface area contributed by atoms with Crippen molar-refractivity contribution < 1.29 is 9.59 Å². The van der Waals surface area contributed by atoms with Crippen LogP contribution in [0.2, 0.25) is 0 Å². The third-order valence-corrected chi connectivity index (χ3v) is 5.00. The summed E-state index contributed by atoms with van der Waals surface area (Å²) in [5.74, 6) is 1.51. The maximum Gasteiger partial charge on any atom is 0.222 e. The van der Waals surface area contributed by atoms with Gasteiger partial charge in [-0.25, -0.2) is 9.97 Å². The van der Waals surface area contributed by atoms with Gasteiger partial charge in [-0.15, -0.1) is 0 Å². The third kappa shape index (κ3) is 6.73. The Bertz CT molecular complexity index is 585. The molecule has 2 amide bonds. The Morgan fingerprint density at radius 3 is 2.54 bits per heavy atom. The van der Waals surface area contributed by atoms with Crippen molar-refractivity contribution in [1.82, 2.24) is 20.2 Å². The van der Waals surface area contributed by atoms with Crippen molar-refractivity contribution in [2.75, 3.05) is 19.6 Å². The van der Waals surface area contributed by atoms with Gasteiger partial charge in [0.05, 0.1) is 0 Å². The molecule has 1 heterocycles. The largest absolute Gasteiger partial charge is 0.355 e. The van der Waals surface area contributed by atoms with E-state index in [1.54, 1.807) is 18.5 Å². The predicted molar refractivity (Wildman–Crippen MR) is 101 cm³/mol. The van der Waals surface area contributed by atoms with Crippen LogP contribution in [0.25, 0.3) is 0 Å². The fraction of sp³-hybridized carbons (Fsp3) is 0.700. The molecule has 1 N–H and O–H groups in total. The predicted octanol–water partition coefficient (Wildman–Crippen LogP) is 2.59. The molecule has 1 saturated carbocycles. The van der Waals surface area contributed by atoms with Crippen LogP contribution >= 0.6 is 0 Å². The van der Waals surface area contributed by atoms with E-state index >= 15 is 0 Å². The van der Waals surface area contributed by atoms with Crippen LogP contribution in [-0.4, -0.2) is 46.3 Å². The highest BCUT2D eigenvalue weighted by molar-refractivity contribution is 5.77. The highest BCUT2D eigenvalue weighted by Gasteiger charge is 2.27. The lowest BCUT2D eigenvalue weighted by molar-refractivity contribution is -0.134. The number of nitrogens with zero attached hydrogens (tertiary/aromatic N) is 3. The van der Waals surface area contributed by atoms with Gasteiger partial charge in [0, 0.05) is 51.3 Å². The molecule has 26 heavy (non-hydrogen) atoms. The Balaban J connectivity index is 1.73. The van der Waals surface area contributed by atoms with Gasteiger partial charge < -0.3 is 10.2 Å². The van der Waals surface area contributed by atoms with E-state index in [1.165, 1.54) is 19.3 Å². The van der Waals surface area contributed by atoms with Gasteiger partial charge in [0.25, 0.3) is 0 Å². The first kappa shape index (κ1) is 20.3. The molecular formula is C20H32N4O2. The van der Waals surface area contributed by atoms with Crippen LogP contribution in [0.15, 0.2) is 18.5 Å². The number of hydrogen-bond acceptors (Lipinski definition) is 4. The lowest BCUT2D eigenvalue weighted by Gasteiger charge is -2.34. The first-order chi connectivity index (χ1) is 12.4. The van der Waals surface area contributed by atoms with E-state index in [0.29, 0.717) is 50.6 Å². The van der Waals surface area contributed by atoms with E-state index in [9.17, 15) is 9.59 Å². The van der Waals surface area contributed by atoms with Gasteiger partial charge >= 0.3 is 0 Å². The standard InChI is InChI=1S/C20H32N4O2/c1-4-24(19(26)13-16-7-5-8-16)15-20(2,3)14-23-18(25)10-9-17-21-11-6-12-22-17/h6,11-12,16H,4-5,7-10,13-15H2,1-3H3,(H,23,25). The van der Waals surface area contributed by atoms with Crippen LogP contribution in [-0.2, 0) is 16.0 Å². The fourth-order valence-electron chi connectivity index (χ4n) is 3.13. The van der Waals surface area contributed by atoms with E-state index in [0.717, 1.165) is 0 Å². The van der Waals surface area contributed by atoms with Gasteiger partial charge in [-0.1, -0.05) is 20.3 Å². The highest BCUT2D eigenvalue weighted by Crippen LogP contribution is 2.30. The van der Waals surface area contributed by atoms with Crippen molar-refractivity contribution in [2.45, 2.75) is 59.3 Å². The van der Waals surface area contributed by atoms with Gasteiger partial charge in [-0.05, 0) is 37.2 Å². The summed E-state index contributed by atoms with van der Waals surface area (Å²) in [6.45, 7) is 8.13. The van der Waals surface area contributed by atoms with E-state index in [2.05, 4.69) is 29.1 Å². The molecule has 0 spiro atoms. The van der Waals surface area contributed by atoms with Crippen LogP contribution in [0.4, 0.5) is 0 Å². The number of carbonyl (C=O) groups excluding carboxylic acids is 2. The maximum absolute atomic E-state index is 12.5. The zero-order chi connectivity index (χ0) is 19.0. The van der Waals surface area contributed by atoms with Crippen LogP contribution in [0.5, 0.6) is 0 Å². The maximum atomic E-state index is 12.5. The first-order valence-electron chi connectivity index (χ1n) is 9.70. The topological polar surface area (TPSA) is 75.2 Å². The van der Waals surface area contributed by atoms with Gasteiger partial charge in [-0.2, -0.15) is 0 Å². The second-order valence-electron chi connectivity index (χ2n) is 8.01. The SMILES string of the molecule is CCN(CC(C)(C)CNC(=O)CCc1ncccn1)C(=O)CC1CCC1. The molecule has 0 aliphatic heterocycles. The van der Waals surface area contributed by atoms with E-state index < -0.39 is 0 Å². The van der Waals surface area contributed by atoms with Crippen LogP contribution < -0.4 is 5.32 Å². The summed E-state index contributed by atoms with van der Waals surface area (Å²) in [6.07, 6.45) is 8.59. The monoisotopic (exact) mass is 360 g/mol. The zero-order valence-electron chi connectivity index (χ0n) is 16.3. The highest BCUT2D eigenvalue weighted by atomic mass is 16.2. The number of amides is 2. The number of aryl methyl sites for hydroxylation is 1. The number of aromatic nitrogens is 2. The summed E-state index contributed by atoms with van der Waals surface area (Å²) >= 11 is 0.